The van der Waals surface area contributed by atoms with Gasteiger partial charge in [0.05, 0.1) is 18.3 Å². The van der Waals surface area contributed by atoms with E-state index in [0.717, 1.165) is 34.6 Å². The third-order valence-corrected chi connectivity index (χ3v) is 7.90. The lowest BCUT2D eigenvalue weighted by atomic mass is 9.65. The molecule has 0 bridgehead atoms. The molecule has 0 spiro atoms. The van der Waals surface area contributed by atoms with Crippen molar-refractivity contribution in [2.24, 2.45) is 0 Å². The average molecular weight is 515 g/mol. The van der Waals surface area contributed by atoms with Crippen LogP contribution in [0.4, 0.5) is 0 Å². The topological polar surface area (TPSA) is 100 Å². The Kier molecular flexibility index (Phi) is 8.57. The van der Waals surface area contributed by atoms with Gasteiger partial charge in [-0.1, -0.05) is 41.5 Å². The predicted octanol–water partition coefficient (Wildman–Crippen LogP) is 6.23. The van der Waals surface area contributed by atoms with Crippen LogP contribution in [0.25, 0.3) is 0 Å². The van der Waals surface area contributed by atoms with E-state index in [1.54, 1.807) is 13.8 Å². The Labute approximate surface area is 221 Å². The third-order valence-electron chi connectivity index (χ3n) is 7.90. The molecule has 0 aliphatic carbocycles. The highest BCUT2D eigenvalue weighted by Gasteiger charge is 2.44. The normalized spacial score (nSPS) is 14.4. The maximum Gasteiger partial charge on any atom is 0.112 e. The summed E-state index contributed by atoms with van der Waals surface area (Å²) in [5, 5.41) is 30.2. The number of furan rings is 3. The summed E-state index contributed by atoms with van der Waals surface area (Å²) in [4.78, 5) is 0. The van der Waals surface area contributed by atoms with Crippen molar-refractivity contribution in [2.75, 3.05) is 6.61 Å². The maximum absolute atomic E-state index is 10.6. The second-order valence-electron chi connectivity index (χ2n) is 12.8. The quantitative estimate of drug-likeness (QED) is 0.250. The second kappa shape index (κ2) is 10.8. The van der Waals surface area contributed by atoms with Crippen LogP contribution in [-0.4, -0.2) is 33.6 Å². The number of aliphatic hydroxyl groups excluding tert-OH is 2. The summed E-state index contributed by atoms with van der Waals surface area (Å²) < 4.78 is 18.3. The SMILES string of the molecule is CC(C)(O)Cc1ccc(C(C)(C)C(C)(C)c2ccc(CCC(O)CCc3ccc(C(C)(C)CO)o3)o2)o1. The molecule has 37 heavy (non-hydrogen) atoms. The van der Waals surface area contributed by atoms with Crippen LogP contribution in [0.1, 0.15) is 103 Å². The number of aliphatic hydroxyl groups is 3. The molecule has 0 saturated heterocycles. The monoisotopic (exact) mass is 514 g/mol. The lowest BCUT2D eigenvalue weighted by Gasteiger charge is -2.38. The smallest absolute Gasteiger partial charge is 0.112 e. The Hall–Kier alpha value is -2.28. The Morgan fingerprint density at radius 1 is 0.649 bits per heavy atom. The molecule has 3 N–H and O–H groups in total. The van der Waals surface area contributed by atoms with Crippen LogP contribution >= 0.6 is 0 Å². The Balaban J connectivity index is 1.57. The van der Waals surface area contributed by atoms with Gasteiger partial charge in [0, 0.05) is 35.5 Å². The van der Waals surface area contributed by atoms with Gasteiger partial charge in [0.15, 0.2) is 0 Å². The van der Waals surface area contributed by atoms with Gasteiger partial charge in [-0.2, -0.15) is 0 Å². The van der Waals surface area contributed by atoms with E-state index < -0.39 is 17.1 Å². The van der Waals surface area contributed by atoms with E-state index in [-0.39, 0.29) is 17.4 Å². The summed E-state index contributed by atoms with van der Waals surface area (Å²) in [6.45, 7) is 16.0. The van der Waals surface area contributed by atoms with Crippen LogP contribution < -0.4 is 0 Å². The number of hydrogen-bond donors (Lipinski definition) is 3. The van der Waals surface area contributed by atoms with E-state index in [2.05, 4.69) is 27.7 Å². The first-order valence-corrected chi connectivity index (χ1v) is 13.3. The first kappa shape index (κ1) is 29.3. The highest BCUT2D eigenvalue weighted by molar-refractivity contribution is 5.29. The van der Waals surface area contributed by atoms with Gasteiger partial charge < -0.3 is 28.6 Å². The molecule has 1 unspecified atom stereocenters. The lowest BCUT2D eigenvalue weighted by molar-refractivity contribution is 0.0738. The standard InChI is InChI=1S/C31H46O6/c1-28(2,20-32)25-16-13-22(35-25)11-9-21(33)10-12-23-14-17-26(36-23)30(5,6)31(7,8)27-18-15-24(37-27)19-29(3,4)34/h13-18,21,32-34H,9-12,19-20H2,1-8H3. The van der Waals surface area contributed by atoms with Crippen molar-refractivity contribution in [2.45, 2.75) is 115 Å². The fourth-order valence-electron chi connectivity index (χ4n) is 4.42. The summed E-state index contributed by atoms with van der Waals surface area (Å²) in [5.74, 6) is 4.93. The minimum Gasteiger partial charge on any atom is -0.465 e. The molecule has 6 nitrogen and oxygen atoms in total. The minimum atomic E-state index is -0.826. The summed E-state index contributed by atoms with van der Waals surface area (Å²) in [6, 6.07) is 11.8. The Bertz CT molecular complexity index is 1130. The molecule has 0 aliphatic rings. The molecule has 6 heteroatoms. The molecule has 206 valence electrons. The molecule has 0 radical (unpaired) electrons. The van der Waals surface area contributed by atoms with Gasteiger partial charge in [0.1, 0.15) is 34.6 Å². The van der Waals surface area contributed by atoms with E-state index >= 15 is 0 Å². The third kappa shape index (κ3) is 6.98. The van der Waals surface area contributed by atoms with E-state index in [4.69, 9.17) is 13.3 Å². The largest absolute Gasteiger partial charge is 0.465 e. The number of hydrogen-bond acceptors (Lipinski definition) is 6. The van der Waals surface area contributed by atoms with Gasteiger partial charge in [-0.3, -0.25) is 0 Å². The fraction of sp³-hybridized carbons (Fsp3) is 0.613. The average Bonchev–Trinajstić information content (AvgIpc) is 3.56. The van der Waals surface area contributed by atoms with Crippen LogP contribution in [0.5, 0.6) is 0 Å². The second-order valence-corrected chi connectivity index (χ2v) is 12.8. The molecule has 3 aromatic heterocycles. The molecule has 0 aromatic carbocycles. The predicted molar refractivity (Wildman–Crippen MR) is 145 cm³/mol. The molecule has 1 atom stereocenters. The minimum absolute atomic E-state index is 0.0201. The maximum atomic E-state index is 10.6. The van der Waals surface area contributed by atoms with Crippen molar-refractivity contribution in [1.29, 1.82) is 0 Å². The van der Waals surface area contributed by atoms with E-state index in [0.29, 0.717) is 32.1 Å². The van der Waals surface area contributed by atoms with Crippen LogP contribution in [0.15, 0.2) is 49.6 Å². The molecular formula is C31H46O6. The van der Waals surface area contributed by atoms with Crippen LogP contribution in [0.2, 0.25) is 0 Å². The van der Waals surface area contributed by atoms with Crippen LogP contribution in [0.3, 0.4) is 0 Å². The van der Waals surface area contributed by atoms with Crippen molar-refractivity contribution < 1.29 is 28.6 Å². The van der Waals surface area contributed by atoms with E-state index in [1.165, 1.54) is 0 Å². The van der Waals surface area contributed by atoms with Crippen molar-refractivity contribution in [1.82, 2.24) is 0 Å². The first-order valence-electron chi connectivity index (χ1n) is 13.3. The Morgan fingerprint density at radius 2 is 1.05 bits per heavy atom. The summed E-state index contributed by atoms with van der Waals surface area (Å²) in [7, 11) is 0. The van der Waals surface area contributed by atoms with Crippen LogP contribution in [-0.2, 0) is 35.5 Å². The summed E-state index contributed by atoms with van der Waals surface area (Å²) >= 11 is 0. The lowest BCUT2D eigenvalue weighted by Crippen LogP contribution is -2.39. The van der Waals surface area contributed by atoms with Gasteiger partial charge in [-0.05, 0) is 63.1 Å². The zero-order valence-corrected chi connectivity index (χ0v) is 23.9. The van der Waals surface area contributed by atoms with Crippen molar-refractivity contribution in [3.8, 4) is 0 Å². The molecule has 0 amide bonds. The highest BCUT2D eigenvalue weighted by Crippen LogP contribution is 2.45. The zero-order valence-electron chi connectivity index (χ0n) is 23.9. The zero-order chi connectivity index (χ0) is 27.6. The van der Waals surface area contributed by atoms with Gasteiger partial charge in [-0.15, -0.1) is 0 Å². The molecule has 0 fully saturated rings. The number of aryl methyl sites for hydroxylation is 2. The van der Waals surface area contributed by atoms with Crippen molar-refractivity contribution in [3.63, 3.8) is 0 Å². The van der Waals surface area contributed by atoms with Gasteiger partial charge in [-0.25, -0.2) is 0 Å². The molecular weight excluding hydrogens is 468 g/mol. The summed E-state index contributed by atoms with van der Waals surface area (Å²) in [6.07, 6.45) is 2.49. The molecule has 3 aromatic rings. The molecule has 3 rings (SSSR count). The van der Waals surface area contributed by atoms with Gasteiger partial charge in [0.25, 0.3) is 0 Å². The first-order chi connectivity index (χ1) is 17.0. The molecule has 0 aliphatic heterocycles. The Morgan fingerprint density at radius 3 is 1.51 bits per heavy atom. The van der Waals surface area contributed by atoms with Crippen molar-refractivity contribution >= 4 is 0 Å². The van der Waals surface area contributed by atoms with Gasteiger partial charge in [0.2, 0.25) is 0 Å². The van der Waals surface area contributed by atoms with Crippen molar-refractivity contribution in [3.05, 3.63) is 71.0 Å². The van der Waals surface area contributed by atoms with Crippen LogP contribution in [0, 0.1) is 0 Å². The van der Waals surface area contributed by atoms with E-state index in [1.807, 2.05) is 50.2 Å². The molecule has 0 saturated carbocycles. The highest BCUT2D eigenvalue weighted by atomic mass is 16.4. The fourth-order valence-corrected chi connectivity index (χ4v) is 4.42. The summed E-state index contributed by atoms with van der Waals surface area (Å²) in [5.41, 5.74) is -1.95. The number of rotatable bonds is 13. The molecule has 3 heterocycles. The van der Waals surface area contributed by atoms with Gasteiger partial charge >= 0.3 is 0 Å². The van der Waals surface area contributed by atoms with E-state index in [9.17, 15) is 15.3 Å².